The molecule has 3 aromatic rings. The molecule has 0 bridgehead atoms. The number of H-pyrrole nitrogens is 1. The van der Waals surface area contributed by atoms with E-state index in [1.54, 1.807) is 6.92 Å². The highest BCUT2D eigenvalue weighted by Gasteiger charge is 2.03. The molecule has 8 heteroatoms. The Hall–Kier alpha value is -3.13. The Morgan fingerprint density at radius 1 is 1.12 bits per heavy atom. The van der Waals surface area contributed by atoms with Crippen LogP contribution in [-0.2, 0) is 0 Å². The normalized spacial score (nSPS) is 11.7. The number of rotatable bonds is 4. The number of benzene rings is 2. The molecule has 130 valence electrons. The van der Waals surface area contributed by atoms with Crippen LogP contribution >= 0.6 is 15.9 Å². The first-order valence-corrected chi connectivity index (χ1v) is 8.54. The quantitative estimate of drug-likeness (QED) is 0.288. The highest BCUT2D eigenvalue weighted by Crippen LogP contribution is 2.15. The number of hydrazone groups is 1. The number of hydrogen-bond acceptors (Lipinski definition) is 5. The second kappa shape index (κ2) is 8.30. The van der Waals surface area contributed by atoms with Crippen LogP contribution in [0.5, 0.6) is 0 Å². The lowest BCUT2D eigenvalue weighted by atomic mass is 10.2. The number of nitrogens with one attached hydrogen (secondary N) is 2. The van der Waals surface area contributed by atoms with Crippen LogP contribution in [0.25, 0.3) is 0 Å². The zero-order chi connectivity index (χ0) is 18.4. The molecule has 0 radical (unpaired) electrons. The zero-order valence-corrected chi connectivity index (χ0v) is 15.4. The van der Waals surface area contributed by atoms with E-state index < -0.39 is 0 Å². The molecule has 1 heterocycles. The molecular formula is C18H15BrN6O. The molecule has 0 atom stereocenters. The van der Waals surface area contributed by atoms with Gasteiger partial charge in [0.1, 0.15) is 0 Å². The van der Waals surface area contributed by atoms with Crippen LogP contribution in [0.2, 0.25) is 0 Å². The molecule has 0 amide bonds. The van der Waals surface area contributed by atoms with Crippen molar-refractivity contribution in [2.24, 2.45) is 15.3 Å². The average molecular weight is 411 g/mol. The van der Waals surface area contributed by atoms with Crippen molar-refractivity contribution in [1.82, 2.24) is 9.97 Å². The van der Waals surface area contributed by atoms with Crippen LogP contribution in [0.15, 0.2) is 85.3 Å². The van der Waals surface area contributed by atoms with Gasteiger partial charge in [0.25, 0.3) is 5.56 Å². The average Bonchev–Trinajstić information content (AvgIpc) is 2.63. The Morgan fingerprint density at radius 3 is 2.54 bits per heavy atom. The predicted molar refractivity (Wildman–Crippen MR) is 105 cm³/mol. The Bertz CT molecular complexity index is 996. The zero-order valence-electron chi connectivity index (χ0n) is 13.8. The molecule has 3 rings (SSSR count). The summed E-state index contributed by atoms with van der Waals surface area (Å²) in [4.78, 5) is 18.2. The summed E-state index contributed by atoms with van der Waals surface area (Å²) >= 11 is 3.39. The fourth-order valence-electron chi connectivity index (χ4n) is 2.08. The second-order valence-electron chi connectivity index (χ2n) is 5.33. The standard InChI is InChI=1S/C18H15BrN6O/c1-12-11-16(26)21-18(20-12)25-24-17(13-5-3-2-4-6-13)23-22-15-9-7-14(19)8-10-15/h2-11,22H,1H3,(H,20,21,26)/b23-17-,25-24?. The predicted octanol–water partition coefficient (Wildman–Crippen LogP) is 4.40. The van der Waals surface area contributed by atoms with Crippen LogP contribution in [0.1, 0.15) is 11.3 Å². The molecular weight excluding hydrogens is 396 g/mol. The van der Waals surface area contributed by atoms with Crippen molar-refractivity contribution < 1.29 is 0 Å². The molecule has 0 aliphatic heterocycles. The highest BCUT2D eigenvalue weighted by atomic mass is 79.9. The summed E-state index contributed by atoms with van der Waals surface area (Å²) in [5, 5.41) is 12.5. The Balaban J connectivity index is 1.90. The molecule has 7 nitrogen and oxygen atoms in total. The van der Waals surface area contributed by atoms with Crippen molar-refractivity contribution in [3.05, 3.63) is 86.7 Å². The fraction of sp³-hybridized carbons (Fsp3) is 0.0556. The van der Waals surface area contributed by atoms with Crippen LogP contribution in [0, 0.1) is 6.92 Å². The molecule has 2 N–H and O–H groups in total. The molecule has 0 fully saturated rings. The summed E-state index contributed by atoms with van der Waals surface area (Å²) in [7, 11) is 0. The van der Waals surface area contributed by atoms with Crippen molar-refractivity contribution in [2.45, 2.75) is 6.92 Å². The van der Waals surface area contributed by atoms with E-state index in [9.17, 15) is 4.79 Å². The van der Waals surface area contributed by atoms with E-state index in [1.165, 1.54) is 6.07 Å². The van der Waals surface area contributed by atoms with Gasteiger partial charge in [-0.3, -0.25) is 15.2 Å². The number of aryl methyl sites for hydroxylation is 1. The minimum atomic E-state index is -0.280. The number of aromatic amines is 1. The van der Waals surface area contributed by atoms with Crippen LogP contribution in [0.4, 0.5) is 11.6 Å². The summed E-state index contributed by atoms with van der Waals surface area (Å²) in [5.41, 5.74) is 4.81. The van der Waals surface area contributed by atoms with Crippen LogP contribution in [-0.4, -0.2) is 15.8 Å². The topological polar surface area (TPSA) is 94.9 Å². The molecule has 26 heavy (non-hydrogen) atoms. The second-order valence-corrected chi connectivity index (χ2v) is 6.25. The molecule has 0 aliphatic carbocycles. The lowest BCUT2D eigenvalue weighted by molar-refractivity contribution is 1.01. The molecule has 0 aliphatic rings. The maximum Gasteiger partial charge on any atom is 0.252 e. The van der Waals surface area contributed by atoms with E-state index in [2.05, 4.69) is 46.7 Å². The minimum Gasteiger partial charge on any atom is -0.290 e. The van der Waals surface area contributed by atoms with Crippen LogP contribution < -0.4 is 11.0 Å². The maximum absolute atomic E-state index is 11.5. The molecule has 0 spiro atoms. The first-order chi connectivity index (χ1) is 12.6. The minimum absolute atomic E-state index is 0.127. The largest absolute Gasteiger partial charge is 0.290 e. The lowest BCUT2D eigenvalue weighted by Gasteiger charge is -2.03. The number of aromatic nitrogens is 2. The number of nitrogens with zero attached hydrogens (tertiary/aromatic N) is 4. The van der Waals surface area contributed by atoms with E-state index in [0.29, 0.717) is 11.5 Å². The first-order valence-electron chi connectivity index (χ1n) is 7.74. The third-order valence-electron chi connectivity index (χ3n) is 3.26. The van der Waals surface area contributed by atoms with Gasteiger partial charge >= 0.3 is 0 Å². The van der Waals surface area contributed by atoms with Gasteiger partial charge in [-0.15, -0.1) is 10.2 Å². The van der Waals surface area contributed by atoms with E-state index in [1.807, 2.05) is 54.6 Å². The van der Waals surface area contributed by atoms with Gasteiger partial charge in [0.15, 0.2) is 0 Å². The number of azo groups is 1. The fourth-order valence-corrected chi connectivity index (χ4v) is 2.34. The van der Waals surface area contributed by atoms with Crippen molar-refractivity contribution in [3.63, 3.8) is 0 Å². The SMILES string of the molecule is Cc1cc(=O)[nH]c(N=N/C(=N\Nc2ccc(Br)cc2)c2ccccc2)n1. The van der Waals surface area contributed by atoms with Crippen molar-refractivity contribution in [1.29, 1.82) is 0 Å². The van der Waals surface area contributed by atoms with Gasteiger partial charge in [0, 0.05) is 21.8 Å². The molecule has 2 aromatic carbocycles. The van der Waals surface area contributed by atoms with E-state index in [-0.39, 0.29) is 11.5 Å². The number of halogens is 1. The van der Waals surface area contributed by atoms with Gasteiger partial charge in [-0.05, 0) is 31.2 Å². The van der Waals surface area contributed by atoms with E-state index in [4.69, 9.17) is 0 Å². The summed E-state index contributed by atoms with van der Waals surface area (Å²) in [6, 6.07) is 18.4. The summed E-state index contributed by atoms with van der Waals surface area (Å²) in [6.07, 6.45) is 0. The van der Waals surface area contributed by atoms with Crippen molar-refractivity contribution >= 4 is 33.4 Å². The van der Waals surface area contributed by atoms with Crippen LogP contribution in [0.3, 0.4) is 0 Å². The molecule has 1 aromatic heterocycles. The Kier molecular flexibility index (Phi) is 5.65. The number of anilines is 1. The van der Waals surface area contributed by atoms with Gasteiger partial charge < -0.3 is 0 Å². The third kappa shape index (κ3) is 4.93. The van der Waals surface area contributed by atoms with E-state index in [0.717, 1.165) is 15.7 Å². The highest BCUT2D eigenvalue weighted by molar-refractivity contribution is 9.10. The first kappa shape index (κ1) is 17.7. The monoisotopic (exact) mass is 410 g/mol. The van der Waals surface area contributed by atoms with Crippen molar-refractivity contribution in [3.8, 4) is 0 Å². The van der Waals surface area contributed by atoms with Gasteiger partial charge in [0.05, 0.1) is 5.69 Å². The summed E-state index contributed by atoms with van der Waals surface area (Å²) in [6.45, 7) is 1.72. The van der Waals surface area contributed by atoms with Crippen molar-refractivity contribution in [2.75, 3.05) is 5.43 Å². The number of amidine groups is 1. The lowest BCUT2D eigenvalue weighted by Crippen LogP contribution is -2.06. The third-order valence-corrected chi connectivity index (χ3v) is 3.79. The van der Waals surface area contributed by atoms with Gasteiger partial charge in [-0.2, -0.15) is 5.10 Å². The van der Waals surface area contributed by atoms with Gasteiger partial charge in [-0.1, -0.05) is 46.3 Å². The molecule has 0 unspecified atom stereocenters. The van der Waals surface area contributed by atoms with E-state index >= 15 is 0 Å². The Morgan fingerprint density at radius 2 is 1.85 bits per heavy atom. The number of hydrogen-bond donors (Lipinski definition) is 2. The Labute approximate surface area is 158 Å². The smallest absolute Gasteiger partial charge is 0.252 e. The maximum atomic E-state index is 11.5. The molecule has 0 saturated heterocycles. The summed E-state index contributed by atoms with van der Waals surface area (Å²) in [5.74, 6) is 0.486. The summed E-state index contributed by atoms with van der Waals surface area (Å²) < 4.78 is 0.976. The molecule has 0 saturated carbocycles. The van der Waals surface area contributed by atoms with Gasteiger partial charge in [0.2, 0.25) is 11.8 Å². The van der Waals surface area contributed by atoms with Gasteiger partial charge in [-0.25, -0.2) is 4.98 Å².